The summed E-state index contributed by atoms with van der Waals surface area (Å²) in [5.74, 6) is -0.911. The highest BCUT2D eigenvalue weighted by molar-refractivity contribution is 7.47. The maximum atomic E-state index is 12.7. The number of hydrogen-bond acceptors (Lipinski definition) is 9. The third-order valence-corrected chi connectivity index (χ3v) is 12.1. The molecule has 0 aromatic heterocycles. The quantitative estimate of drug-likeness (QED) is 0.0233. The fourth-order valence-corrected chi connectivity index (χ4v) is 8.07. The minimum absolute atomic E-state index is 0.187. The van der Waals surface area contributed by atoms with Gasteiger partial charge in [0.2, 0.25) is 0 Å². The van der Waals surface area contributed by atoms with E-state index in [2.05, 4.69) is 26.0 Å². The van der Waals surface area contributed by atoms with Crippen molar-refractivity contribution in [2.24, 2.45) is 0 Å². The van der Waals surface area contributed by atoms with E-state index in [1.807, 2.05) is 0 Å². The molecule has 11 heteroatoms. The molecular formula is C49H95O10P. The molecule has 0 aromatic carbocycles. The van der Waals surface area contributed by atoms with Gasteiger partial charge in [0.25, 0.3) is 0 Å². The summed E-state index contributed by atoms with van der Waals surface area (Å²) in [6, 6.07) is 0. The largest absolute Gasteiger partial charge is 0.472 e. The lowest BCUT2D eigenvalue weighted by molar-refractivity contribution is -0.161. The van der Waals surface area contributed by atoms with Crippen LogP contribution in [0.25, 0.3) is 0 Å². The Morgan fingerprint density at radius 2 is 0.817 bits per heavy atom. The van der Waals surface area contributed by atoms with Gasteiger partial charge in [0, 0.05) is 12.8 Å². The zero-order valence-corrected chi connectivity index (χ0v) is 39.8. The van der Waals surface area contributed by atoms with Crippen molar-refractivity contribution in [3.63, 3.8) is 0 Å². The molecule has 0 aliphatic rings. The highest BCUT2D eigenvalue weighted by atomic mass is 31.2. The van der Waals surface area contributed by atoms with Crippen molar-refractivity contribution in [2.45, 2.75) is 264 Å². The minimum Gasteiger partial charge on any atom is -0.462 e. The maximum Gasteiger partial charge on any atom is 0.472 e. The van der Waals surface area contributed by atoms with Crippen molar-refractivity contribution in [1.29, 1.82) is 0 Å². The topological polar surface area (TPSA) is 149 Å². The molecule has 0 fully saturated rings. The number of unbranched alkanes of at least 4 members (excludes halogenated alkanes) is 32. The first kappa shape index (κ1) is 58.7. The van der Waals surface area contributed by atoms with Crippen LogP contribution in [-0.4, -0.2) is 65.7 Å². The standard InChI is InChI=1S/C49H95O10P/c1-3-5-7-9-11-13-15-17-19-21-23-25-27-29-31-33-35-37-39-41-49(53)59-47(45-58-60(54,55)57-43-46(51)42-50)44-56-48(52)40-38-36-34-32-30-28-26-24-22-20-18-16-14-12-10-8-6-4-2/h17,19,46-47,50-51H,3-16,18,20-45H2,1-2H3,(H,54,55)/b19-17+/t46-,47+/m0/s1. The van der Waals surface area contributed by atoms with Crippen LogP contribution in [0, 0.1) is 0 Å². The fraction of sp³-hybridized carbons (Fsp3) is 0.918. The number of esters is 2. The first-order valence-corrected chi connectivity index (χ1v) is 26.6. The summed E-state index contributed by atoms with van der Waals surface area (Å²) in [5.41, 5.74) is 0. The van der Waals surface area contributed by atoms with E-state index in [-0.39, 0.29) is 19.4 Å². The SMILES string of the molecule is CCCCCCCC/C=C/CCCCCCCCCCCC(=O)O[C@H](COC(=O)CCCCCCCCCCCCCCCCCCCC)COP(=O)(O)OC[C@@H](O)CO. The smallest absolute Gasteiger partial charge is 0.462 e. The van der Waals surface area contributed by atoms with E-state index in [9.17, 15) is 24.2 Å². The number of hydrogen-bond donors (Lipinski definition) is 3. The van der Waals surface area contributed by atoms with Crippen molar-refractivity contribution in [1.82, 2.24) is 0 Å². The molecule has 0 spiro atoms. The van der Waals surface area contributed by atoms with E-state index in [1.54, 1.807) is 0 Å². The second kappa shape index (κ2) is 45.7. The monoisotopic (exact) mass is 875 g/mol. The highest BCUT2D eigenvalue weighted by Gasteiger charge is 2.27. The number of phosphoric acid groups is 1. The van der Waals surface area contributed by atoms with Crippen LogP contribution in [0.2, 0.25) is 0 Å². The zero-order chi connectivity index (χ0) is 44.0. The van der Waals surface area contributed by atoms with Crippen LogP contribution in [0.15, 0.2) is 12.2 Å². The number of carbonyl (C=O) groups is 2. The van der Waals surface area contributed by atoms with Crippen LogP contribution in [0.3, 0.4) is 0 Å². The Hall–Kier alpha value is -1.29. The number of aliphatic hydroxyl groups is 2. The number of aliphatic hydroxyl groups excluding tert-OH is 2. The molecule has 3 N–H and O–H groups in total. The summed E-state index contributed by atoms with van der Waals surface area (Å²) >= 11 is 0. The molecule has 0 bridgehead atoms. The summed E-state index contributed by atoms with van der Waals surface area (Å²) < 4.78 is 32.9. The average Bonchev–Trinajstić information content (AvgIpc) is 3.24. The number of phosphoric ester groups is 1. The van der Waals surface area contributed by atoms with E-state index in [0.29, 0.717) is 12.8 Å². The Bertz CT molecular complexity index is 1010. The van der Waals surface area contributed by atoms with Gasteiger partial charge in [0.05, 0.1) is 19.8 Å². The molecule has 0 saturated heterocycles. The van der Waals surface area contributed by atoms with Gasteiger partial charge in [-0.25, -0.2) is 4.57 Å². The molecule has 0 radical (unpaired) electrons. The Morgan fingerprint density at radius 3 is 1.20 bits per heavy atom. The lowest BCUT2D eigenvalue weighted by Gasteiger charge is -2.20. The molecule has 0 amide bonds. The highest BCUT2D eigenvalue weighted by Crippen LogP contribution is 2.43. The summed E-state index contributed by atoms with van der Waals surface area (Å²) in [7, 11) is -4.62. The van der Waals surface area contributed by atoms with Gasteiger partial charge in [-0.05, 0) is 38.5 Å². The van der Waals surface area contributed by atoms with Gasteiger partial charge in [0.1, 0.15) is 12.7 Å². The van der Waals surface area contributed by atoms with Crippen LogP contribution in [0.5, 0.6) is 0 Å². The zero-order valence-electron chi connectivity index (χ0n) is 38.9. The first-order valence-electron chi connectivity index (χ1n) is 25.1. The molecule has 3 atom stereocenters. The molecule has 1 unspecified atom stereocenters. The molecule has 356 valence electrons. The van der Waals surface area contributed by atoms with E-state index in [1.165, 1.54) is 180 Å². The van der Waals surface area contributed by atoms with E-state index >= 15 is 0 Å². The van der Waals surface area contributed by atoms with E-state index in [4.69, 9.17) is 23.6 Å². The average molecular weight is 875 g/mol. The van der Waals surface area contributed by atoms with Crippen LogP contribution in [0.1, 0.15) is 251 Å². The van der Waals surface area contributed by atoms with E-state index < -0.39 is 51.8 Å². The molecule has 0 rings (SSSR count). The molecule has 10 nitrogen and oxygen atoms in total. The second-order valence-corrected chi connectivity index (χ2v) is 18.7. The summed E-state index contributed by atoms with van der Waals surface area (Å²) in [6.07, 6.45) is 46.0. The third-order valence-electron chi connectivity index (χ3n) is 11.2. The minimum atomic E-state index is -4.62. The van der Waals surface area contributed by atoms with Gasteiger partial charge in [-0.15, -0.1) is 0 Å². The molecular weight excluding hydrogens is 780 g/mol. The Kier molecular flexibility index (Phi) is 44.7. The predicted octanol–water partition coefficient (Wildman–Crippen LogP) is 14.0. The molecule has 0 aliphatic carbocycles. The van der Waals surface area contributed by atoms with Crippen LogP contribution in [0.4, 0.5) is 0 Å². The van der Waals surface area contributed by atoms with Crippen molar-refractivity contribution in [2.75, 3.05) is 26.4 Å². The van der Waals surface area contributed by atoms with Gasteiger partial charge in [-0.2, -0.15) is 0 Å². The molecule has 0 heterocycles. The molecule has 60 heavy (non-hydrogen) atoms. The Morgan fingerprint density at radius 1 is 0.483 bits per heavy atom. The summed E-state index contributed by atoms with van der Waals surface area (Å²) in [6.45, 7) is 2.43. The summed E-state index contributed by atoms with van der Waals surface area (Å²) in [5, 5.41) is 18.4. The first-order chi connectivity index (χ1) is 29.2. The number of rotatable bonds is 48. The van der Waals surface area contributed by atoms with Gasteiger partial charge >= 0.3 is 19.8 Å². The number of carbonyl (C=O) groups excluding carboxylic acids is 2. The van der Waals surface area contributed by atoms with E-state index in [0.717, 1.165) is 32.1 Å². The Balaban J connectivity index is 4.16. The van der Waals surface area contributed by atoms with Crippen molar-refractivity contribution in [3.05, 3.63) is 12.2 Å². The van der Waals surface area contributed by atoms with Crippen molar-refractivity contribution in [3.8, 4) is 0 Å². The lowest BCUT2D eigenvalue weighted by Crippen LogP contribution is -2.29. The van der Waals surface area contributed by atoms with Crippen LogP contribution < -0.4 is 0 Å². The Labute approximate surface area is 368 Å². The van der Waals surface area contributed by atoms with Crippen molar-refractivity contribution >= 4 is 19.8 Å². The van der Waals surface area contributed by atoms with Gasteiger partial charge in [0.15, 0.2) is 6.10 Å². The third kappa shape index (κ3) is 44.8. The predicted molar refractivity (Wildman–Crippen MR) is 247 cm³/mol. The van der Waals surface area contributed by atoms with Gasteiger partial charge in [-0.3, -0.25) is 18.6 Å². The molecule has 0 aromatic rings. The lowest BCUT2D eigenvalue weighted by atomic mass is 10.0. The normalized spacial score (nSPS) is 13.8. The summed E-state index contributed by atoms with van der Waals surface area (Å²) in [4.78, 5) is 35.1. The van der Waals surface area contributed by atoms with Crippen LogP contribution >= 0.6 is 7.82 Å². The molecule has 0 aliphatic heterocycles. The van der Waals surface area contributed by atoms with Gasteiger partial charge in [-0.1, -0.05) is 212 Å². The molecule has 0 saturated carbocycles. The number of allylic oxidation sites excluding steroid dienone is 2. The van der Waals surface area contributed by atoms with Gasteiger partial charge < -0.3 is 24.6 Å². The van der Waals surface area contributed by atoms with Crippen molar-refractivity contribution < 1.29 is 47.8 Å². The maximum absolute atomic E-state index is 12.7. The second-order valence-electron chi connectivity index (χ2n) is 17.2. The van der Waals surface area contributed by atoms with Crippen LogP contribution in [-0.2, 0) is 32.7 Å². The fourth-order valence-electron chi connectivity index (χ4n) is 7.28. The number of ether oxygens (including phenoxy) is 2.